The van der Waals surface area contributed by atoms with E-state index in [0.29, 0.717) is 16.7 Å². The van der Waals surface area contributed by atoms with E-state index in [9.17, 15) is 8.42 Å². The molecule has 22 heavy (non-hydrogen) atoms. The number of hydrogen-bond acceptors (Lipinski definition) is 3. The molecule has 0 aliphatic heterocycles. The van der Waals surface area contributed by atoms with E-state index in [1.807, 2.05) is 0 Å². The van der Waals surface area contributed by atoms with Crippen LogP contribution in [0.2, 0.25) is 10.0 Å². The molecule has 0 saturated carbocycles. The summed E-state index contributed by atoms with van der Waals surface area (Å²) >= 11 is 11.7. The van der Waals surface area contributed by atoms with Gasteiger partial charge >= 0.3 is 0 Å². The number of methoxy groups -OCH3 is 1. The Morgan fingerprint density at radius 3 is 2.23 bits per heavy atom. The maximum Gasteiger partial charge on any atom is 0.240 e. The lowest BCUT2D eigenvalue weighted by Gasteiger charge is -2.08. The van der Waals surface area contributed by atoms with E-state index in [2.05, 4.69) is 4.72 Å². The summed E-state index contributed by atoms with van der Waals surface area (Å²) in [7, 11) is -1.99. The van der Waals surface area contributed by atoms with Crippen LogP contribution in [0.1, 0.15) is 11.1 Å². The van der Waals surface area contributed by atoms with Crippen LogP contribution in [0.3, 0.4) is 0 Å². The molecule has 0 aliphatic rings. The molecule has 0 amide bonds. The van der Waals surface area contributed by atoms with E-state index in [1.165, 1.54) is 0 Å². The second-order valence-corrected chi connectivity index (χ2v) is 7.23. The number of rotatable bonds is 6. The van der Waals surface area contributed by atoms with Gasteiger partial charge in [0.25, 0.3) is 0 Å². The quantitative estimate of drug-likeness (QED) is 0.856. The van der Waals surface area contributed by atoms with Crippen LogP contribution >= 0.6 is 23.2 Å². The molecule has 0 bridgehead atoms. The van der Waals surface area contributed by atoms with Crippen molar-refractivity contribution in [2.75, 3.05) is 7.11 Å². The van der Waals surface area contributed by atoms with E-state index in [0.717, 1.165) is 11.1 Å². The van der Waals surface area contributed by atoms with Crippen molar-refractivity contribution in [1.82, 2.24) is 4.72 Å². The van der Waals surface area contributed by atoms with Gasteiger partial charge in [-0.1, -0.05) is 41.4 Å². The molecule has 0 aliphatic carbocycles. The van der Waals surface area contributed by atoms with Crippen molar-refractivity contribution in [3.8, 4) is 0 Å². The minimum atomic E-state index is -3.58. The summed E-state index contributed by atoms with van der Waals surface area (Å²) in [6, 6.07) is 11.5. The predicted molar refractivity (Wildman–Crippen MR) is 87.6 cm³/mol. The third kappa shape index (κ3) is 4.44. The van der Waals surface area contributed by atoms with Gasteiger partial charge in [-0.3, -0.25) is 0 Å². The SMILES string of the molecule is COCc1ccc(S(=O)(=O)NCc2ccc(Cl)c(Cl)c2)cc1. The van der Waals surface area contributed by atoms with Gasteiger partial charge in [0.05, 0.1) is 21.5 Å². The van der Waals surface area contributed by atoms with Crippen LogP contribution in [0, 0.1) is 0 Å². The topological polar surface area (TPSA) is 55.4 Å². The van der Waals surface area contributed by atoms with E-state index < -0.39 is 10.0 Å². The summed E-state index contributed by atoms with van der Waals surface area (Å²) < 4.78 is 32.0. The Hall–Kier alpha value is -1.11. The molecular formula is C15H15Cl2NO3S. The lowest BCUT2D eigenvalue weighted by molar-refractivity contribution is 0.185. The summed E-state index contributed by atoms with van der Waals surface area (Å²) in [6.45, 7) is 0.579. The molecule has 0 saturated heterocycles. The minimum Gasteiger partial charge on any atom is -0.380 e. The normalized spacial score (nSPS) is 11.6. The van der Waals surface area contributed by atoms with Crippen LogP contribution in [-0.4, -0.2) is 15.5 Å². The van der Waals surface area contributed by atoms with Gasteiger partial charge in [0, 0.05) is 13.7 Å². The van der Waals surface area contributed by atoms with Gasteiger partial charge < -0.3 is 4.74 Å². The average molecular weight is 360 g/mol. The Balaban J connectivity index is 2.08. The molecule has 0 atom stereocenters. The molecule has 0 spiro atoms. The second-order valence-electron chi connectivity index (χ2n) is 4.65. The van der Waals surface area contributed by atoms with E-state index in [4.69, 9.17) is 27.9 Å². The van der Waals surface area contributed by atoms with Gasteiger partial charge in [0.2, 0.25) is 10.0 Å². The lowest BCUT2D eigenvalue weighted by atomic mass is 10.2. The highest BCUT2D eigenvalue weighted by Crippen LogP contribution is 2.22. The van der Waals surface area contributed by atoms with Crippen molar-refractivity contribution < 1.29 is 13.2 Å². The molecule has 1 N–H and O–H groups in total. The number of benzene rings is 2. The first-order valence-corrected chi connectivity index (χ1v) is 8.68. The van der Waals surface area contributed by atoms with Crippen LogP contribution in [0.4, 0.5) is 0 Å². The average Bonchev–Trinajstić information content (AvgIpc) is 2.49. The molecular weight excluding hydrogens is 345 g/mol. The Labute approximate surface area is 140 Å². The van der Waals surface area contributed by atoms with Crippen molar-refractivity contribution in [1.29, 1.82) is 0 Å². The first-order valence-electron chi connectivity index (χ1n) is 6.44. The molecule has 0 heterocycles. The van der Waals surface area contributed by atoms with Crippen LogP contribution in [-0.2, 0) is 27.9 Å². The fourth-order valence-corrected chi connectivity index (χ4v) is 3.18. The molecule has 7 heteroatoms. The van der Waals surface area contributed by atoms with Crippen molar-refractivity contribution in [3.63, 3.8) is 0 Å². The fourth-order valence-electron chi connectivity index (χ4n) is 1.84. The van der Waals surface area contributed by atoms with Gasteiger partial charge in [-0.05, 0) is 35.4 Å². The zero-order valence-electron chi connectivity index (χ0n) is 11.8. The van der Waals surface area contributed by atoms with Crippen LogP contribution < -0.4 is 4.72 Å². The van der Waals surface area contributed by atoms with Crippen LogP contribution in [0.25, 0.3) is 0 Å². The highest BCUT2D eigenvalue weighted by atomic mass is 35.5. The summed E-state index contributed by atoms with van der Waals surface area (Å²) in [5.74, 6) is 0. The molecule has 2 aromatic rings. The summed E-state index contributed by atoms with van der Waals surface area (Å²) in [6.07, 6.45) is 0. The highest BCUT2D eigenvalue weighted by molar-refractivity contribution is 7.89. The smallest absolute Gasteiger partial charge is 0.240 e. The largest absolute Gasteiger partial charge is 0.380 e. The van der Waals surface area contributed by atoms with Crippen LogP contribution in [0.5, 0.6) is 0 Å². The van der Waals surface area contributed by atoms with Crippen molar-refractivity contribution in [2.45, 2.75) is 18.0 Å². The Morgan fingerprint density at radius 2 is 1.64 bits per heavy atom. The zero-order chi connectivity index (χ0) is 16.2. The van der Waals surface area contributed by atoms with Gasteiger partial charge in [-0.25, -0.2) is 13.1 Å². The zero-order valence-corrected chi connectivity index (χ0v) is 14.2. The first-order chi connectivity index (χ1) is 10.4. The summed E-state index contributed by atoms with van der Waals surface area (Å²) in [4.78, 5) is 0.201. The fraction of sp³-hybridized carbons (Fsp3) is 0.200. The van der Waals surface area contributed by atoms with E-state index in [-0.39, 0.29) is 11.4 Å². The monoisotopic (exact) mass is 359 g/mol. The highest BCUT2D eigenvalue weighted by Gasteiger charge is 2.13. The predicted octanol–water partition coefficient (Wildman–Crippen LogP) is 3.62. The standard InChI is InChI=1S/C15H15Cl2NO3S/c1-21-10-11-2-5-13(6-3-11)22(19,20)18-9-12-4-7-14(16)15(17)8-12/h2-8,18H,9-10H2,1H3. The van der Waals surface area contributed by atoms with Gasteiger partial charge in [-0.15, -0.1) is 0 Å². The van der Waals surface area contributed by atoms with E-state index >= 15 is 0 Å². The number of sulfonamides is 1. The summed E-state index contributed by atoms with van der Waals surface area (Å²) in [5.41, 5.74) is 1.64. The summed E-state index contributed by atoms with van der Waals surface area (Å²) in [5, 5.41) is 0.823. The van der Waals surface area contributed by atoms with Crippen molar-refractivity contribution in [3.05, 3.63) is 63.6 Å². The third-order valence-corrected chi connectivity index (χ3v) is 5.15. The van der Waals surface area contributed by atoms with Gasteiger partial charge in [0.15, 0.2) is 0 Å². The van der Waals surface area contributed by atoms with E-state index in [1.54, 1.807) is 49.6 Å². The Kier molecular flexibility index (Phi) is 5.83. The van der Waals surface area contributed by atoms with Crippen molar-refractivity contribution >= 4 is 33.2 Å². The molecule has 118 valence electrons. The maximum absolute atomic E-state index is 12.2. The molecule has 2 rings (SSSR count). The van der Waals surface area contributed by atoms with Crippen LogP contribution in [0.15, 0.2) is 47.4 Å². The first kappa shape index (κ1) is 17.2. The Bertz CT molecular complexity index is 746. The third-order valence-electron chi connectivity index (χ3n) is 2.99. The maximum atomic E-state index is 12.2. The minimum absolute atomic E-state index is 0.138. The molecule has 2 aromatic carbocycles. The van der Waals surface area contributed by atoms with Crippen molar-refractivity contribution in [2.24, 2.45) is 0 Å². The molecule has 4 nitrogen and oxygen atoms in total. The molecule has 0 aromatic heterocycles. The number of hydrogen-bond donors (Lipinski definition) is 1. The molecule has 0 unspecified atom stereocenters. The number of ether oxygens (including phenoxy) is 1. The number of nitrogens with one attached hydrogen (secondary N) is 1. The Morgan fingerprint density at radius 1 is 1.00 bits per heavy atom. The second kappa shape index (κ2) is 7.44. The number of halogens is 2. The lowest BCUT2D eigenvalue weighted by Crippen LogP contribution is -2.23. The molecule has 0 fully saturated rings. The van der Waals surface area contributed by atoms with Gasteiger partial charge in [0.1, 0.15) is 0 Å². The van der Waals surface area contributed by atoms with Gasteiger partial charge in [-0.2, -0.15) is 0 Å². The molecule has 0 radical (unpaired) electrons.